The first kappa shape index (κ1) is 17.5. The quantitative estimate of drug-likeness (QED) is 0.802. The number of hydrogen-bond donors (Lipinski definition) is 1. The zero-order chi connectivity index (χ0) is 19.0. The molecule has 2 heterocycles. The Hall–Kier alpha value is -2.93. The Labute approximate surface area is 161 Å². The van der Waals surface area contributed by atoms with Gasteiger partial charge in [0.05, 0.1) is 11.6 Å². The van der Waals surface area contributed by atoms with E-state index in [4.69, 9.17) is 9.47 Å². The second kappa shape index (κ2) is 7.00. The molecular weight excluding hydrogens is 364 g/mol. The number of fused-ring (bicyclic) bond motifs is 1. The van der Waals surface area contributed by atoms with Crippen LogP contribution in [-0.2, 0) is 4.79 Å². The summed E-state index contributed by atoms with van der Waals surface area (Å²) in [6, 6.07) is 11.4. The van der Waals surface area contributed by atoms with E-state index in [1.54, 1.807) is 18.2 Å². The van der Waals surface area contributed by atoms with Crippen LogP contribution in [-0.4, -0.2) is 29.5 Å². The molecule has 1 N–H and O–H groups in total. The summed E-state index contributed by atoms with van der Waals surface area (Å²) in [4.78, 5) is 26.5. The molecular formula is C20H18N2O4S. The van der Waals surface area contributed by atoms with Gasteiger partial charge in [0.2, 0.25) is 6.79 Å². The average molecular weight is 382 g/mol. The lowest BCUT2D eigenvalue weighted by Crippen LogP contribution is -2.33. The summed E-state index contributed by atoms with van der Waals surface area (Å²) in [7, 11) is 0. The summed E-state index contributed by atoms with van der Waals surface area (Å²) in [6.07, 6.45) is 1.70. The van der Waals surface area contributed by atoms with Crippen LogP contribution >= 0.6 is 11.8 Å². The lowest BCUT2D eigenvalue weighted by molar-refractivity contribution is -0.122. The van der Waals surface area contributed by atoms with E-state index in [-0.39, 0.29) is 24.6 Å². The average Bonchev–Trinajstić information content (AvgIpc) is 3.19. The molecule has 4 rings (SSSR count). The number of aryl methyl sites for hydroxylation is 2. The fourth-order valence-corrected chi connectivity index (χ4v) is 3.81. The van der Waals surface area contributed by atoms with Gasteiger partial charge in [0.1, 0.15) is 0 Å². The highest BCUT2D eigenvalue weighted by molar-refractivity contribution is 8.18. The lowest BCUT2D eigenvalue weighted by atomic mass is 10.1. The van der Waals surface area contributed by atoms with Gasteiger partial charge in [-0.25, -0.2) is 0 Å². The van der Waals surface area contributed by atoms with Gasteiger partial charge in [-0.3, -0.25) is 14.5 Å². The van der Waals surface area contributed by atoms with Crippen molar-refractivity contribution in [3.05, 3.63) is 58.0 Å². The Morgan fingerprint density at radius 1 is 1.11 bits per heavy atom. The fourth-order valence-electron chi connectivity index (χ4n) is 2.97. The molecule has 2 aromatic rings. The number of rotatable bonds is 4. The van der Waals surface area contributed by atoms with Crippen LogP contribution in [0.4, 0.5) is 10.5 Å². The molecule has 0 spiro atoms. The van der Waals surface area contributed by atoms with Crippen molar-refractivity contribution in [3.63, 3.8) is 0 Å². The molecule has 138 valence electrons. The molecule has 0 saturated carbocycles. The van der Waals surface area contributed by atoms with E-state index < -0.39 is 0 Å². The summed E-state index contributed by atoms with van der Waals surface area (Å²) in [6.45, 7) is 4.34. The second-order valence-corrected chi connectivity index (χ2v) is 7.37. The normalized spacial score (nSPS) is 17.1. The first-order valence-corrected chi connectivity index (χ1v) is 9.29. The van der Waals surface area contributed by atoms with Crippen molar-refractivity contribution in [2.75, 3.05) is 18.8 Å². The number of amides is 2. The highest BCUT2D eigenvalue weighted by Gasteiger charge is 2.35. The molecule has 0 radical (unpaired) electrons. The molecule has 0 aromatic heterocycles. The van der Waals surface area contributed by atoms with Crippen molar-refractivity contribution < 1.29 is 19.1 Å². The van der Waals surface area contributed by atoms with Crippen LogP contribution < -0.4 is 14.8 Å². The molecule has 6 nitrogen and oxygen atoms in total. The Kier molecular flexibility index (Phi) is 4.53. The fraction of sp³-hybridized carbons (Fsp3) is 0.200. The zero-order valence-electron chi connectivity index (χ0n) is 14.9. The van der Waals surface area contributed by atoms with E-state index in [2.05, 4.69) is 11.4 Å². The third kappa shape index (κ3) is 3.50. The van der Waals surface area contributed by atoms with E-state index in [1.165, 1.54) is 4.90 Å². The number of thioether (sulfide) groups is 1. The Bertz CT molecular complexity index is 970. The molecule has 0 aliphatic carbocycles. The van der Waals surface area contributed by atoms with Crippen molar-refractivity contribution in [1.82, 2.24) is 4.90 Å². The number of benzene rings is 2. The van der Waals surface area contributed by atoms with Gasteiger partial charge < -0.3 is 14.8 Å². The van der Waals surface area contributed by atoms with E-state index >= 15 is 0 Å². The molecule has 0 bridgehead atoms. The molecule has 27 heavy (non-hydrogen) atoms. The predicted molar refractivity (Wildman–Crippen MR) is 105 cm³/mol. The zero-order valence-corrected chi connectivity index (χ0v) is 15.8. The van der Waals surface area contributed by atoms with Gasteiger partial charge in [0, 0.05) is 5.69 Å². The van der Waals surface area contributed by atoms with Gasteiger partial charge in [-0.1, -0.05) is 23.8 Å². The Morgan fingerprint density at radius 3 is 2.74 bits per heavy atom. The number of hydrogen-bond acceptors (Lipinski definition) is 6. The number of imide groups is 1. The van der Waals surface area contributed by atoms with Crippen LogP contribution in [0.1, 0.15) is 16.7 Å². The Balaban J connectivity index is 1.48. The summed E-state index contributed by atoms with van der Waals surface area (Å²) >= 11 is 0.938. The van der Waals surface area contributed by atoms with Crippen LogP contribution in [0.5, 0.6) is 11.5 Å². The third-order valence-electron chi connectivity index (χ3n) is 4.38. The smallest absolute Gasteiger partial charge is 0.295 e. The van der Waals surface area contributed by atoms with Gasteiger partial charge in [-0.05, 0) is 61.0 Å². The standard InChI is InChI=1S/C20H18N2O4S/c1-12-3-5-15(13(2)7-12)21-10-22-19(23)18(27-20(22)24)9-14-4-6-16-17(8-14)26-11-25-16/h3-9,21H,10-11H2,1-2H3. The van der Waals surface area contributed by atoms with Crippen molar-refractivity contribution >= 4 is 34.7 Å². The summed E-state index contributed by atoms with van der Waals surface area (Å²) in [5, 5.41) is 2.88. The van der Waals surface area contributed by atoms with Gasteiger partial charge in [-0.15, -0.1) is 0 Å². The second-order valence-electron chi connectivity index (χ2n) is 6.38. The predicted octanol–water partition coefficient (Wildman–Crippen LogP) is 4.14. The molecule has 2 amide bonds. The molecule has 7 heteroatoms. The van der Waals surface area contributed by atoms with Gasteiger partial charge in [0.15, 0.2) is 11.5 Å². The molecule has 0 atom stereocenters. The van der Waals surface area contributed by atoms with Gasteiger partial charge in [-0.2, -0.15) is 0 Å². The summed E-state index contributed by atoms with van der Waals surface area (Å²) < 4.78 is 10.6. The SMILES string of the molecule is Cc1ccc(NCN2C(=O)SC(=Cc3ccc4c(c3)OCO4)C2=O)c(C)c1. The van der Waals surface area contributed by atoms with Crippen molar-refractivity contribution in [1.29, 1.82) is 0 Å². The highest BCUT2D eigenvalue weighted by atomic mass is 32.2. The van der Waals surface area contributed by atoms with E-state index in [0.717, 1.165) is 34.1 Å². The van der Waals surface area contributed by atoms with E-state index in [1.807, 2.05) is 32.0 Å². The number of anilines is 1. The minimum absolute atomic E-state index is 0.132. The minimum atomic E-state index is -0.306. The van der Waals surface area contributed by atoms with Gasteiger partial charge in [0.25, 0.3) is 11.1 Å². The minimum Gasteiger partial charge on any atom is -0.454 e. The largest absolute Gasteiger partial charge is 0.454 e. The third-order valence-corrected chi connectivity index (χ3v) is 5.28. The number of carbonyl (C=O) groups excluding carboxylic acids is 2. The maximum absolute atomic E-state index is 12.6. The van der Waals surface area contributed by atoms with Crippen molar-refractivity contribution in [2.45, 2.75) is 13.8 Å². The summed E-state index contributed by atoms with van der Waals surface area (Å²) in [5.41, 5.74) is 3.92. The highest BCUT2D eigenvalue weighted by Crippen LogP contribution is 2.36. The molecule has 2 aliphatic rings. The van der Waals surface area contributed by atoms with Crippen LogP contribution in [0, 0.1) is 13.8 Å². The molecule has 2 aromatic carbocycles. The number of nitrogens with one attached hydrogen (secondary N) is 1. The van der Waals surface area contributed by atoms with Gasteiger partial charge >= 0.3 is 0 Å². The lowest BCUT2D eigenvalue weighted by Gasteiger charge is -2.16. The van der Waals surface area contributed by atoms with E-state index in [9.17, 15) is 9.59 Å². The maximum Gasteiger partial charge on any atom is 0.295 e. The van der Waals surface area contributed by atoms with Crippen LogP contribution in [0.25, 0.3) is 6.08 Å². The molecule has 2 aliphatic heterocycles. The summed E-state index contributed by atoms with van der Waals surface area (Å²) in [5.74, 6) is 1.01. The molecule has 1 fully saturated rings. The van der Waals surface area contributed by atoms with Crippen molar-refractivity contribution in [2.24, 2.45) is 0 Å². The number of carbonyl (C=O) groups is 2. The number of nitrogens with zero attached hydrogens (tertiary/aromatic N) is 1. The first-order chi connectivity index (χ1) is 13.0. The van der Waals surface area contributed by atoms with Crippen LogP contribution in [0.2, 0.25) is 0 Å². The van der Waals surface area contributed by atoms with Crippen LogP contribution in [0.15, 0.2) is 41.3 Å². The van der Waals surface area contributed by atoms with E-state index in [0.29, 0.717) is 16.4 Å². The maximum atomic E-state index is 12.6. The van der Waals surface area contributed by atoms with Crippen LogP contribution in [0.3, 0.4) is 0 Å². The molecule has 0 unspecified atom stereocenters. The monoisotopic (exact) mass is 382 g/mol. The van der Waals surface area contributed by atoms with Crippen molar-refractivity contribution in [3.8, 4) is 11.5 Å². The topological polar surface area (TPSA) is 67.9 Å². The first-order valence-electron chi connectivity index (χ1n) is 8.47. The Morgan fingerprint density at radius 2 is 1.93 bits per heavy atom. The number of ether oxygens (including phenoxy) is 2. The molecule has 1 saturated heterocycles.